The first-order valence-corrected chi connectivity index (χ1v) is 7.55. The van der Waals surface area contributed by atoms with Crippen LogP contribution in [0.15, 0.2) is 18.3 Å². The Hall–Kier alpha value is -2.15. The van der Waals surface area contributed by atoms with E-state index in [1.54, 1.807) is 19.3 Å². The van der Waals surface area contributed by atoms with Crippen LogP contribution in [0.5, 0.6) is 0 Å². The Morgan fingerprint density at radius 1 is 1.52 bits per heavy atom. The van der Waals surface area contributed by atoms with E-state index in [9.17, 15) is 9.59 Å². The number of thiophene rings is 1. The molecular formula is C14H16N4O2S. The molecule has 6 nitrogen and oxygen atoms in total. The molecule has 0 unspecified atom stereocenters. The summed E-state index contributed by atoms with van der Waals surface area (Å²) in [6.07, 6.45) is 3.70. The van der Waals surface area contributed by atoms with Gasteiger partial charge < -0.3 is 16.0 Å². The third-order valence-electron chi connectivity index (χ3n) is 3.35. The van der Waals surface area contributed by atoms with Crippen LogP contribution in [0, 0.1) is 0 Å². The fourth-order valence-electron chi connectivity index (χ4n) is 2.07. The predicted octanol–water partition coefficient (Wildman–Crippen LogP) is 1.23. The number of rotatable bonds is 4. The summed E-state index contributed by atoms with van der Waals surface area (Å²) >= 11 is 1.30. The lowest BCUT2D eigenvalue weighted by Gasteiger charge is -2.16. The second-order valence-electron chi connectivity index (χ2n) is 5.20. The Balaban J connectivity index is 1.75. The Kier molecular flexibility index (Phi) is 3.50. The fraction of sp³-hybridized carbons (Fsp3) is 0.357. The Labute approximate surface area is 125 Å². The van der Waals surface area contributed by atoms with Gasteiger partial charge in [-0.3, -0.25) is 14.6 Å². The van der Waals surface area contributed by atoms with E-state index in [-0.39, 0.29) is 18.4 Å². The number of likely N-dealkylation sites (N-methyl/N-ethyl adjacent to an activating group) is 1. The molecule has 0 bridgehead atoms. The third kappa shape index (κ3) is 2.82. The lowest BCUT2D eigenvalue weighted by Crippen LogP contribution is -2.39. The van der Waals surface area contributed by atoms with Crippen LogP contribution < -0.4 is 11.1 Å². The molecule has 0 saturated heterocycles. The lowest BCUT2D eigenvalue weighted by atomic mass is 10.3. The van der Waals surface area contributed by atoms with Crippen molar-refractivity contribution in [3.05, 3.63) is 23.2 Å². The summed E-state index contributed by atoms with van der Waals surface area (Å²) in [5.41, 5.74) is 7.02. The van der Waals surface area contributed by atoms with Gasteiger partial charge in [0.15, 0.2) is 0 Å². The van der Waals surface area contributed by atoms with Gasteiger partial charge in [-0.1, -0.05) is 0 Å². The molecule has 7 heteroatoms. The highest BCUT2D eigenvalue weighted by atomic mass is 32.1. The van der Waals surface area contributed by atoms with Gasteiger partial charge in [0.1, 0.15) is 10.4 Å². The summed E-state index contributed by atoms with van der Waals surface area (Å²) in [6, 6.07) is 3.97. The number of aromatic nitrogens is 1. The topological polar surface area (TPSA) is 88.3 Å². The van der Waals surface area contributed by atoms with Crippen molar-refractivity contribution in [2.45, 2.75) is 18.9 Å². The van der Waals surface area contributed by atoms with Gasteiger partial charge in [-0.15, -0.1) is 11.3 Å². The summed E-state index contributed by atoms with van der Waals surface area (Å²) in [4.78, 5) is 30.2. The minimum atomic E-state index is -0.249. The van der Waals surface area contributed by atoms with Crippen molar-refractivity contribution in [3.8, 4) is 0 Å². The summed E-state index contributed by atoms with van der Waals surface area (Å²) in [5, 5.41) is 2.86. The fourth-order valence-corrected chi connectivity index (χ4v) is 3.14. The molecule has 0 aliphatic heterocycles. The standard InChI is InChI=1S/C14H16N4O2S/c1-18(7-10(19)17-8-4-5-8)14(20)13-11(15)12-9(21-13)3-2-6-16-12/h2-3,6,8H,4-5,7,15H2,1H3,(H,17,19). The molecule has 2 amide bonds. The number of carbonyl (C=O) groups is 2. The number of anilines is 1. The van der Waals surface area contributed by atoms with E-state index in [2.05, 4.69) is 10.3 Å². The van der Waals surface area contributed by atoms with E-state index in [0.717, 1.165) is 17.5 Å². The molecule has 0 spiro atoms. The van der Waals surface area contributed by atoms with E-state index < -0.39 is 0 Å². The van der Waals surface area contributed by atoms with Gasteiger partial charge in [-0.2, -0.15) is 0 Å². The monoisotopic (exact) mass is 304 g/mol. The Bertz CT molecular complexity index is 708. The normalized spacial score (nSPS) is 14.1. The summed E-state index contributed by atoms with van der Waals surface area (Å²) in [6.45, 7) is 0.0381. The highest BCUT2D eigenvalue weighted by molar-refractivity contribution is 7.21. The average molecular weight is 304 g/mol. The minimum Gasteiger partial charge on any atom is -0.396 e. The average Bonchev–Trinajstić information content (AvgIpc) is 3.21. The number of nitrogens with zero attached hydrogens (tertiary/aromatic N) is 2. The molecule has 2 aromatic rings. The molecule has 3 N–H and O–H groups in total. The highest BCUT2D eigenvalue weighted by Gasteiger charge is 2.26. The first-order chi connectivity index (χ1) is 10.1. The van der Waals surface area contributed by atoms with Crippen molar-refractivity contribution >= 4 is 39.1 Å². The van der Waals surface area contributed by atoms with Crippen LogP contribution in [0.25, 0.3) is 10.2 Å². The molecule has 1 saturated carbocycles. The van der Waals surface area contributed by atoms with E-state index >= 15 is 0 Å². The molecule has 0 atom stereocenters. The SMILES string of the molecule is CN(CC(=O)NC1CC1)C(=O)c1sc2cccnc2c1N. The van der Waals surface area contributed by atoms with Crippen LogP contribution in [-0.4, -0.2) is 41.3 Å². The van der Waals surface area contributed by atoms with Gasteiger partial charge in [0.05, 0.1) is 16.9 Å². The molecule has 110 valence electrons. The number of carbonyl (C=O) groups excluding carboxylic acids is 2. The summed E-state index contributed by atoms with van der Waals surface area (Å²) in [7, 11) is 1.60. The van der Waals surface area contributed by atoms with Gasteiger partial charge >= 0.3 is 0 Å². The van der Waals surface area contributed by atoms with Crippen molar-refractivity contribution in [1.29, 1.82) is 0 Å². The largest absolute Gasteiger partial charge is 0.396 e. The number of hydrogen-bond donors (Lipinski definition) is 2. The first kappa shape index (κ1) is 13.8. The van der Waals surface area contributed by atoms with Crippen molar-refractivity contribution in [2.75, 3.05) is 19.3 Å². The zero-order valence-electron chi connectivity index (χ0n) is 11.6. The molecule has 1 fully saturated rings. The van der Waals surface area contributed by atoms with Gasteiger partial charge in [0, 0.05) is 19.3 Å². The molecule has 0 aromatic carbocycles. The second kappa shape index (κ2) is 5.33. The maximum absolute atomic E-state index is 12.4. The number of pyridine rings is 1. The number of nitrogen functional groups attached to an aromatic ring is 1. The molecule has 0 radical (unpaired) electrons. The van der Waals surface area contributed by atoms with Crippen molar-refractivity contribution in [2.24, 2.45) is 0 Å². The Morgan fingerprint density at radius 2 is 2.29 bits per heavy atom. The second-order valence-corrected chi connectivity index (χ2v) is 6.25. The highest BCUT2D eigenvalue weighted by Crippen LogP contribution is 2.32. The molecule has 2 aromatic heterocycles. The van der Waals surface area contributed by atoms with Gasteiger partial charge in [-0.05, 0) is 25.0 Å². The maximum Gasteiger partial charge on any atom is 0.266 e. The Morgan fingerprint density at radius 3 is 2.95 bits per heavy atom. The van der Waals surface area contributed by atoms with Crippen LogP contribution in [0.2, 0.25) is 0 Å². The van der Waals surface area contributed by atoms with Gasteiger partial charge in [0.25, 0.3) is 5.91 Å². The van der Waals surface area contributed by atoms with Crippen molar-refractivity contribution < 1.29 is 9.59 Å². The van der Waals surface area contributed by atoms with E-state index in [1.807, 2.05) is 6.07 Å². The number of amides is 2. The lowest BCUT2D eigenvalue weighted by molar-refractivity contribution is -0.121. The zero-order valence-corrected chi connectivity index (χ0v) is 12.4. The predicted molar refractivity (Wildman–Crippen MR) is 82.2 cm³/mol. The molecule has 3 rings (SSSR count). The third-order valence-corrected chi connectivity index (χ3v) is 4.49. The smallest absolute Gasteiger partial charge is 0.266 e. The van der Waals surface area contributed by atoms with Crippen LogP contribution in [0.3, 0.4) is 0 Å². The molecular weight excluding hydrogens is 288 g/mol. The zero-order chi connectivity index (χ0) is 15.0. The van der Waals surface area contributed by atoms with Crippen molar-refractivity contribution in [3.63, 3.8) is 0 Å². The number of nitrogens with two attached hydrogens (primary N) is 1. The molecule has 1 aliphatic carbocycles. The number of hydrogen-bond acceptors (Lipinski definition) is 5. The first-order valence-electron chi connectivity index (χ1n) is 6.74. The molecule has 1 aliphatic rings. The van der Waals surface area contributed by atoms with E-state index in [4.69, 9.17) is 5.73 Å². The molecule has 21 heavy (non-hydrogen) atoms. The number of nitrogens with one attached hydrogen (secondary N) is 1. The summed E-state index contributed by atoms with van der Waals surface area (Å²) < 4.78 is 0.870. The quantitative estimate of drug-likeness (QED) is 0.889. The van der Waals surface area contributed by atoms with E-state index in [0.29, 0.717) is 22.1 Å². The van der Waals surface area contributed by atoms with Crippen LogP contribution in [-0.2, 0) is 4.79 Å². The van der Waals surface area contributed by atoms with Crippen molar-refractivity contribution in [1.82, 2.24) is 15.2 Å². The minimum absolute atomic E-state index is 0.0381. The number of fused-ring (bicyclic) bond motifs is 1. The van der Waals surface area contributed by atoms with Gasteiger partial charge in [-0.25, -0.2) is 0 Å². The van der Waals surface area contributed by atoms with Gasteiger partial charge in [0.2, 0.25) is 5.91 Å². The molecule has 2 heterocycles. The van der Waals surface area contributed by atoms with E-state index in [1.165, 1.54) is 16.2 Å². The summed E-state index contributed by atoms with van der Waals surface area (Å²) in [5.74, 6) is -0.382. The van der Waals surface area contributed by atoms with Crippen LogP contribution in [0.1, 0.15) is 22.5 Å². The van der Waals surface area contributed by atoms with Crippen LogP contribution in [0.4, 0.5) is 5.69 Å². The van der Waals surface area contributed by atoms with Crippen LogP contribution >= 0.6 is 11.3 Å². The maximum atomic E-state index is 12.4.